The third-order valence-electron chi connectivity index (χ3n) is 5.84. The standard InChI is InChI=1S/C26H36N6O4S/c1-17-10-20(36-7)11-18(2)26(17)37(35)32(6)16-24(33)27-13-25(34)31(5)14-19-8-9-21-22(12-19)29-23(28-21)15-30(3)4/h8-12H,13-16H2,1-7H3,(H,27,33)(H,28,29). The van der Waals surface area contributed by atoms with Crippen LogP contribution >= 0.6 is 0 Å². The van der Waals surface area contributed by atoms with E-state index < -0.39 is 11.0 Å². The summed E-state index contributed by atoms with van der Waals surface area (Å²) in [5.74, 6) is 0.968. The summed E-state index contributed by atoms with van der Waals surface area (Å²) in [6.45, 7) is 4.57. The first-order valence-electron chi connectivity index (χ1n) is 11.9. The molecule has 0 aliphatic heterocycles. The van der Waals surface area contributed by atoms with E-state index >= 15 is 0 Å². The summed E-state index contributed by atoms with van der Waals surface area (Å²) >= 11 is 0. The first-order valence-corrected chi connectivity index (χ1v) is 13.0. The molecule has 1 heterocycles. The zero-order valence-corrected chi connectivity index (χ0v) is 23.4. The molecule has 0 saturated heterocycles. The van der Waals surface area contributed by atoms with Gasteiger partial charge in [0.1, 0.15) is 22.6 Å². The molecule has 0 bridgehead atoms. The van der Waals surface area contributed by atoms with E-state index in [4.69, 9.17) is 4.74 Å². The van der Waals surface area contributed by atoms with Crippen LogP contribution in [0.2, 0.25) is 0 Å². The number of aryl methyl sites for hydroxylation is 2. The van der Waals surface area contributed by atoms with Gasteiger partial charge in [-0.15, -0.1) is 0 Å². The molecule has 0 aliphatic rings. The fraction of sp³-hybridized carbons (Fsp3) is 0.423. The van der Waals surface area contributed by atoms with Crippen molar-refractivity contribution >= 4 is 33.8 Å². The molecule has 200 valence electrons. The van der Waals surface area contributed by atoms with Crippen molar-refractivity contribution in [3.8, 4) is 5.75 Å². The number of hydrogen-bond donors (Lipinski definition) is 2. The van der Waals surface area contributed by atoms with Gasteiger partial charge in [0.15, 0.2) is 0 Å². The lowest BCUT2D eigenvalue weighted by Crippen LogP contribution is -2.42. The maximum Gasteiger partial charge on any atom is 0.242 e. The van der Waals surface area contributed by atoms with Gasteiger partial charge in [-0.05, 0) is 68.9 Å². The summed E-state index contributed by atoms with van der Waals surface area (Å²) in [6.07, 6.45) is 0. The number of nitrogens with zero attached hydrogens (tertiary/aromatic N) is 4. The second-order valence-electron chi connectivity index (χ2n) is 9.42. The first-order chi connectivity index (χ1) is 17.5. The largest absolute Gasteiger partial charge is 0.497 e. The van der Waals surface area contributed by atoms with Crippen LogP contribution in [0.5, 0.6) is 5.75 Å². The number of methoxy groups -OCH3 is 1. The van der Waals surface area contributed by atoms with Crippen molar-refractivity contribution in [1.29, 1.82) is 0 Å². The summed E-state index contributed by atoms with van der Waals surface area (Å²) in [7, 11) is 7.32. The van der Waals surface area contributed by atoms with Crippen LogP contribution in [0.25, 0.3) is 11.0 Å². The number of benzene rings is 2. The molecular formula is C26H36N6O4S. The Morgan fingerprint density at radius 3 is 2.35 bits per heavy atom. The van der Waals surface area contributed by atoms with Crippen LogP contribution in [0.4, 0.5) is 0 Å². The number of aromatic amines is 1. The van der Waals surface area contributed by atoms with Crippen LogP contribution in [0.1, 0.15) is 22.5 Å². The second kappa shape index (κ2) is 12.3. The molecule has 2 N–H and O–H groups in total. The summed E-state index contributed by atoms with van der Waals surface area (Å²) < 4.78 is 19.8. The van der Waals surface area contributed by atoms with E-state index in [1.165, 1.54) is 4.31 Å². The molecule has 1 atom stereocenters. The number of rotatable bonds is 11. The molecule has 11 heteroatoms. The van der Waals surface area contributed by atoms with Gasteiger partial charge < -0.3 is 24.8 Å². The third kappa shape index (κ3) is 7.37. The number of H-pyrrole nitrogens is 1. The van der Waals surface area contributed by atoms with E-state index in [2.05, 4.69) is 15.3 Å². The lowest BCUT2D eigenvalue weighted by molar-refractivity contribution is -0.132. The van der Waals surface area contributed by atoms with Crippen molar-refractivity contribution in [3.05, 3.63) is 52.8 Å². The predicted octanol–water partition coefficient (Wildman–Crippen LogP) is 1.98. The Bertz CT molecular complexity index is 1280. The molecule has 37 heavy (non-hydrogen) atoms. The molecule has 1 unspecified atom stereocenters. The number of hydrogen-bond acceptors (Lipinski definition) is 6. The highest BCUT2D eigenvalue weighted by atomic mass is 32.2. The summed E-state index contributed by atoms with van der Waals surface area (Å²) in [4.78, 5) is 37.2. The molecule has 0 saturated carbocycles. The molecule has 2 amide bonds. The van der Waals surface area contributed by atoms with Gasteiger partial charge in [-0.2, -0.15) is 0 Å². The molecule has 0 radical (unpaired) electrons. The van der Waals surface area contributed by atoms with E-state index in [-0.39, 0.29) is 24.9 Å². The monoisotopic (exact) mass is 528 g/mol. The number of nitrogens with one attached hydrogen (secondary N) is 2. The molecule has 10 nitrogen and oxygen atoms in total. The Hall–Kier alpha value is -3.28. The normalized spacial score (nSPS) is 12.2. The highest BCUT2D eigenvalue weighted by molar-refractivity contribution is 7.82. The molecule has 0 aliphatic carbocycles. The van der Waals surface area contributed by atoms with Gasteiger partial charge >= 0.3 is 0 Å². The van der Waals surface area contributed by atoms with Crippen molar-refractivity contribution in [3.63, 3.8) is 0 Å². The molecular weight excluding hydrogens is 492 g/mol. The Balaban J connectivity index is 1.52. The van der Waals surface area contributed by atoms with Gasteiger partial charge in [-0.25, -0.2) is 13.5 Å². The fourth-order valence-electron chi connectivity index (χ4n) is 4.03. The topological polar surface area (TPSA) is 111 Å². The number of amides is 2. The molecule has 0 fully saturated rings. The van der Waals surface area contributed by atoms with E-state index in [9.17, 15) is 13.8 Å². The van der Waals surface area contributed by atoms with Gasteiger partial charge in [0.05, 0.1) is 42.7 Å². The fourth-order valence-corrected chi connectivity index (χ4v) is 5.24. The number of aromatic nitrogens is 2. The SMILES string of the molecule is COc1cc(C)c(S(=O)N(C)CC(=O)NCC(=O)N(C)Cc2ccc3nc(CN(C)C)[nH]c3c2)c(C)c1. The van der Waals surface area contributed by atoms with Crippen molar-refractivity contribution in [2.45, 2.75) is 31.8 Å². The lowest BCUT2D eigenvalue weighted by atomic mass is 10.1. The number of likely N-dealkylation sites (N-methyl/N-ethyl adjacent to an activating group) is 2. The van der Waals surface area contributed by atoms with Crippen LogP contribution in [-0.2, 0) is 33.7 Å². The Labute approximate surface area is 220 Å². The zero-order chi connectivity index (χ0) is 27.3. The third-order valence-corrected chi connectivity index (χ3v) is 7.53. The van der Waals surface area contributed by atoms with Crippen LogP contribution < -0.4 is 10.1 Å². The van der Waals surface area contributed by atoms with Gasteiger partial charge in [0.2, 0.25) is 11.8 Å². The number of ether oxygens (including phenoxy) is 1. The van der Waals surface area contributed by atoms with E-state index in [1.807, 2.05) is 63.2 Å². The molecule has 0 spiro atoms. The number of imidazole rings is 1. The summed E-state index contributed by atoms with van der Waals surface area (Å²) in [6, 6.07) is 9.49. The Morgan fingerprint density at radius 1 is 1.05 bits per heavy atom. The van der Waals surface area contributed by atoms with Crippen LogP contribution in [-0.4, -0.2) is 88.5 Å². The minimum atomic E-state index is -1.53. The lowest BCUT2D eigenvalue weighted by Gasteiger charge is -2.20. The van der Waals surface area contributed by atoms with Crippen molar-refractivity contribution in [2.24, 2.45) is 0 Å². The Morgan fingerprint density at radius 2 is 1.73 bits per heavy atom. The minimum Gasteiger partial charge on any atom is -0.497 e. The van der Waals surface area contributed by atoms with Crippen LogP contribution in [0.3, 0.4) is 0 Å². The average Bonchev–Trinajstić information content (AvgIpc) is 3.22. The first kappa shape index (κ1) is 28.3. The maximum absolute atomic E-state index is 13.0. The van der Waals surface area contributed by atoms with E-state index in [0.717, 1.165) is 33.5 Å². The summed E-state index contributed by atoms with van der Waals surface area (Å²) in [5.41, 5.74) is 4.39. The molecule has 3 aromatic rings. The maximum atomic E-state index is 13.0. The second-order valence-corrected chi connectivity index (χ2v) is 11.0. The predicted molar refractivity (Wildman–Crippen MR) is 144 cm³/mol. The van der Waals surface area contributed by atoms with Gasteiger partial charge in [0.25, 0.3) is 0 Å². The summed E-state index contributed by atoms with van der Waals surface area (Å²) in [5, 5.41) is 2.64. The smallest absolute Gasteiger partial charge is 0.242 e. The average molecular weight is 529 g/mol. The van der Waals surface area contributed by atoms with E-state index in [1.54, 1.807) is 26.1 Å². The van der Waals surface area contributed by atoms with Crippen molar-refractivity contribution in [2.75, 3.05) is 48.4 Å². The molecule has 3 rings (SSSR count). The van der Waals surface area contributed by atoms with Crippen molar-refractivity contribution in [1.82, 2.24) is 29.4 Å². The minimum absolute atomic E-state index is 0.111. The van der Waals surface area contributed by atoms with Crippen LogP contribution in [0.15, 0.2) is 35.2 Å². The highest BCUT2D eigenvalue weighted by Crippen LogP contribution is 2.25. The Kier molecular flexibility index (Phi) is 9.41. The van der Waals surface area contributed by atoms with Gasteiger partial charge in [-0.1, -0.05) is 6.07 Å². The molecule has 1 aromatic heterocycles. The quantitative estimate of drug-likeness (QED) is 0.394. The highest BCUT2D eigenvalue weighted by Gasteiger charge is 2.20. The van der Waals surface area contributed by atoms with E-state index in [0.29, 0.717) is 23.7 Å². The number of fused-ring (bicyclic) bond motifs is 1. The van der Waals surface area contributed by atoms with Crippen molar-refractivity contribution < 1.29 is 18.5 Å². The van der Waals surface area contributed by atoms with Gasteiger partial charge in [0, 0.05) is 20.6 Å². The van der Waals surface area contributed by atoms with Crippen LogP contribution in [0, 0.1) is 13.8 Å². The molecule has 2 aromatic carbocycles. The number of carbonyl (C=O) groups is 2. The zero-order valence-electron chi connectivity index (χ0n) is 22.5. The van der Waals surface area contributed by atoms with Gasteiger partial charge in [-0.3, -0.25) is 9.59 Å². The number of carbonyl (C=O) groups excluding carboxylic acids is 2.